The molecule has 0 fully saturated rings. The summed E-state index contributed by atoms with van der Waals surface area (Å²) in [5.74, 6) is -2.05. The van der Waals surface area contributed by atoms with Gasteiger partial charge < -0.3 is 10.4 Å². The molecule has 1 unspecified atom stereocenters. The second-order valence-corrected chi connectivity index (χ2v) is 2.47. The highest BCUT2D eigenvalue weighted by Gasteiger charge is 2.13. The molecule has 0 saturated heterocycles. The van der Waals surface area contributed by atoms with Gasteiger partial charge in [-0.25, -0.2) is 0 Å². The third kappa shape index (κ3) is 8.27. The Morgan fingerprint density at radius 2 is 2.00 bits per heavy atom. The maximum atomic E-state index is 10.7. The van der Waals surface area contributed by atoms with Gasteiger partial charge in [-0.2, -0.15) is 0 Å². The Morgan fingerprint density at radius 3 is 2.29 bits per heavy atom. The summed E-state index contributed by atoms with van der Waals surface area (Å²) in [7, 11) is 0. The normalized spacial score (nSPS) is 10.8. The zero-order valence-electron chi connectivity index (χ0n) is 9.03. The van der Waals surface area contributed by atoms with Crippen molar-refractivity contribution in [2.45, 2.75) is 26.3 Å². The number of ketones is 1. The molecule has 0 aromatic rings. The fourth-order valence-corrected chi connectivity index (χ4v) is 0.531. The van der Waals surface area contributed by atoms with E-state index in [1.807, 2.05) is 0 Å². The average Bonchev–Trinajstić information content (AvgIpc) is 2.03. The van der Waals surface area contributed by atoms with Crippen LogP contribution in [0.1, 0.15) is 21.6 Å². The average molecular weight is 200 g/mol. The smallest absolute Gasteiger partial charge is 0.312 e. The number of carboxylic acid groups (broad SMARTS) is 1. The van der Waals surface area contributed by atoms with E-state index in [4.69, 9.17) is 6.48 Å². The van der Waals surface area contributed by atoms with Gasteiger partial charge in [0.1, 0.15) is 7.79 Å². The summed E-state index contributed by atoms with van der Waals surface area (Å²) in [6.07, 6.45) is 5.16. The van der Waals surface area contributed by atoms with Crippen molar-refractivity contribution in [2.75, 3.05) is 0 Å². The molecule has 78 valence electrons. The van der Waals surface area contributed by atoms with E-state index in [0.717, 1.165) is 0 Å². The van der Waals surface area contributed by atoms with Crippen molar-refractivity contribution in [3.63, 3.8) is 0 Å². The lowest BCUT2D eigenvalue weighted by molar-refractivity contribution is -0.141. The molecular weight excluding hydrogens is 186 g/mol. The van der Waals surface area contributed by atoms with Crippen LogP contribution < -0.4 is 5.32 Å². The van der Waals surface area contributed by atoms with E-state index in [9.17, 15) is 14.4 Å². The van der Waals surface area contributed by atoms with Gasteiger partial charge in [-0.3, -0.25) is 14.4 Å². The number of amides is 1. The number of carbonyl (C=O) groups excluding carboxylic acids is 2. The molecule has 0 aliphatic carbocycles. The first-order chi connectivity index (χ1) is 6.84. The van der Waals surface area contributed by atoms with Crippen LogP contribution in [0.25, 0.3) is 0 Å². The van der Waals surface area contributed by atoms with Gasteiger partial charge in [-0.1, -0.05) is 0 Å². The molecule has 5 heteroatoms. The van der Waals surface area contributed by atoms with Crippen molar-refractivity contribution in [2.24, 2.45) is 0 Å². The van der Waals surface area contributed by atoms with Crippen LogP contribution in [0, 0.1) is 12.8 Å². The molecule has 0 saturated carbocycles. The Balaban J connectivity index is 0. The van der Waals surface area contributed by atoms with Gasteiger partial charge in [0.15, 0.2) is 5.78 Å². The molecule has 0 aliphatic heterocycles. The van der Waals surface area contributed by atoms with Crippen molar-refractivity contribution < 1.29 is 20.9 Å². The van der Waals surface area contributed by atoms with Crippen LogP contribution in [0.3, 0.4) is 0 Å². The Morgan fingerprint density at radius 1 is 1.57 bits per heavy atom. The van der Waals surface area contributed by atoms with E-state index in [0.29, 0.717) is 0 Å². The minimum Gasteiger partial charge on any atom is -0.481 e. The summed E-state index contributed by atoms with van der Waals surface area (Å²) >= 11 is 0. The number of hydrogen-bond donors (Lipinski definition) is 2. The summed E-state index contributed by atoms with van der Waals surface area (Å²) in [4.78, 5) is 31.3. The van der Waals surface area contributed by atoms with Crippen molar-refractivity contribution in [3.8, 4) is 12.8 Å². The summed E-state index contributed by atoms with van der Waals surface area (Å²) in [6, 6.07) is -0.614. The first kappa shape index (κ1) is 12.2. The molecular formula is C9H13NO4. The van der Waals surface area contributed by atoms with Crippen LogP contribution in [0.15, 0.2) is 0 Å². The molecule has 0 aliphatic rings. The zero-order chi connectivity index (χ0) is 12.4. The number of carboxylic acids is 1. The van der Waals surface area contributed by atoms with E-state index in [-0.39, 0.29) is 5.78 Å². The minimum absolute atomic E-state index is 0.200. The molecule has 0 aromatic carbocycles. The topological polar surface area (TPSA) is 83.5 Å². The van der Waals surface area contributed by atoms with Crippen LogP contribution in [-0.4, -0.2) is 28.8 Å². The fraction of sp³-hybridized carbons (Fsp3) is 0.444. The second-order valence-electron chi connectivity index (χ2n) is 2.47. The fourth-order valence-electron chi connectivity index (χ4n) is 0.531. The van der Waals surface area contributed by atoms with Gasteiger partial charge in [-0.15, -0.1) is 12.8 Å². The molecule has 0 rings (SSSR count). The number of terminal acetylenes is 1. The number of hydrogen-bond acceptors (Lipinski definition) is 3. The van der Waals surface area contributed by atoms with E-state index < -0.39 is 24.3 Å². The lowest BCUT2D eigenvalue weighted by atomic mass is 10.2. The van der Waals surface area contributed by atoms with Crippen LogP contribution in [0.2, 0.25) is 0 Å². The standard InChI is InChI=1S/C7H11NO4.C2H2/c1-4(5(2)9)8-6(10)3-7(11)12;1-2/h4H,3H2,1-2H3,(H,8,10)(H,11,12);1-2H/i;1D. The quantitative estimate of drug-likeness (QED) is 0.486. The van der Waals surface area contributed by atoms with Gasteiger partial charge >= 0.3 is 5.97 Å². The first-order valence-electron chi connectivity index (χ1n) is 4.24. The molecule has 2 N–H and O–H groups in total. The van der Waals surface area contributed by atoms with Crippen LogP contribution in [0.5, 0.6) is 0 Å². The molecule has 0 aromatic heterocycles. The number of rotatable bonds is 4. The zero-order valence-corrected chi connectivity index (χ0v) is 8.03. The van der Waals surface area contributed by atoms with E-state index in [1.165, 1.54) is 20.2 Å². The molecule has 0 spiro atoms. The summed E-state index contributed by atoms with van der Waals surface area (Å²) < 4.78 is 5.74. The molecule has 14 heavy (non-hydrogen) atoms. The third-order valence-corrected chi connectivity index (χ3v) is 1.30. The molecule has 0 bridgehead atoms. The van der Waals surface area contributed by atoms with Gasteiger partial charge in [0, 0.05) is 0 Å². The Labute approximate surface area is 83.9 Å². The van der Waals surface area contributed by atoms with Crippen LogP contribution in [-0.2, 0) is 14.4 Å². The Bertz CT molecular complexity index is 282. The largest absolute Gasteiger partial charge is 0.481 e. The van der Waals surface area contributed by atoms with Crippen molar-refractivity contribution >= 4 is 17.7 Å². The lowest BCUT2D eigenvalue weighted by Crippen LogP contribution is -2.38. The van der Waals surface area contributed by atoms with E-state index in [2.05, 4.69) is 11.7 Å². The molecule has 5 nitrogen and oxygen atoms in total. The summed E-state index contributed by atoms with van der Waals surface area (Å²) in [5, 5.41) is 10.4. The number of aliphatic carboxylic acids is 1. The van der Waals surface area contributed by atoms with Crippen molar-refractivity contribution in [3.05, 3.63) is 0 Å². The SMILES string of the molecule is CC(=O)C(C)NC(=O)CC(=O)O.[2H]C#C. The summed E-state index contributed by atoms with van der Waals surface area (Å²) in [5.41, 5.74) is 0. The second kappa shape index (κ2) is 7.80. The number of carbonyl (C=O) groups is 3. The van der Waals surface area contributed by atoms with E-state index in [1.54, 1.807) is 0 Å². The Kier molecular flexibility index (Phi) is 6.78. The highest BCUT2D eigenvalue weighted by molar-refractivity contribution is 5.95. The highest BCUT2D eigenvalue weighted by atomic mass is 16.4. The Hall–Kier alpha value is -1.83. The van der Waals surface area contributed by atoms with Crippen molar-refractivity contribution in [1.82, 2.24) is 5.32 Å². The van der Waals surface area contributed by atoms with Crippen LogP contribution in [0.4, 0.5) is 0 Å². The van der Waals surface area contributed by atoms with Crippen molar-refractivity contribution in [1.29, 1.82) is 0 Å². The van der Waals surface area contributed by atoms with Crippen LogP contribution >= 0.6 is 0 Å². The first-order valence-corrected chi connectivity index (χ1v) is 3.74. The monoisotopic (exact) mass is 200 g/mol. The highest BCUT2D eigenvalue weighted by Crippen LogP contribution is 1.86. The maximum absolute atomic E-state index is 10.7. The van der Waals surface area contributed by atoms with Gasteiger partial charge in [-0.05, 0) is 13.8 Å². The summed E-state index contributed by atoms with van der Waals surface area (Å²) in [6.45, 7) is 2.83. The van der Waals surface area contributed by atoms with Gasteiger partial charge in [0.25, 0.3) is 0 Å². The minimum atomic E-state index is -1.21. The lowest BCUT2D eigenvalue weighted by Gasteiger charge is -2.08. The van der Waals surface area contributed by atoms with E-state index >= 15 is 0 Å². The number of Topliss-reactive ketones (excluding diaryl/α,β-unsaturated/α-hetero) is 1. The molecule has 1 atom stereocenters. The third-order valence-electron chi connectivity index (χ3n) is 1.30. The maximum Gasteiger partial charge on any atom is 0.312 e. The number of nitrogens with one attached hydrogen (secondary N) is 1. The van der Waals surface area contributed by atoms with Gasteiger partial charge in [0.2, 0.25) is 5.91 Å². The molecule has 0 radical (unpaired) electrons. The predicted octanol–water partition coefficient (Wildman–Crippen LogP) is -0.196. The van der Waals surface area contributed by atoms with Gasteiger partial charge in [0.05, 0.1) is 6.04 Å². The molecule has 1 amide bonds. The molecule has 0 heterocycles. The predicted molar refractivity (Wildman–Crippen MR) is 50.4 cm³/mol.